The third-order valence-electron chi connectivity index (χ3n) is 4.25. The molecule has 0 atom stereocenters. The number of hydrogen-bond donors (Lipinski definition) is 0. The Labute approximate surface area is 165 Å². The Balaban J connectivity index is 1.64. The number of thioether (sulfide) groups is 1. The fraction of sp³-hybridized carbons (Fsp3) is 0.200. The van der Waals surface area contributed by atoms with Gasteiger partial charge in [-0.25, -0.2) is 8.78 Å². The van der Waals surface area contributed by atoms with Crippen molar-refractivity contribution in [3.05, 3.63) is 71.8 Å². The molecule has 0 unspecified atom stereocenters. The van der Waals surface area contributed by atoms with E-state index in [0.29, 0.717) is 52.3 Å². The fourth-order valence-electron chi connectivity index (χ4n) is 3.04. The lowest BCUT2D eigenvalue weighted by molar-refractivity contribution is -0.0171. The van der Waals surface area contributed by atoms with Crippen LogP contribution < -0.4 is 4.74 Å². The van der Waals surface area contributed by atoms with Crippen molar-refractivity contribution in [2.45, 2.75) is 24.1 Å². The number of hydrogen-bond acceptors (Lipinski definition) is 5. The Bertz CT molecular complexity index is 1020. The minimum atomic E-state index is -0.371. The topological polar surface area (TPSA) is 49.2 Å². The molecule has 28 heavy (non-hydrogen) atoms. The van der Waals surface area contributed by atoms with E-state index in [1.54, 1.807) is 28.8 Å². The van der Waals surface area contributed by atoms with Crippen LogP contribution in [0.15, 0.2) is 54.2 Å². The van der Waals surface area contributed by atoms with Crippen LogP contribution in [0, 0.1) is 11.6 Å². The molecule has 0 saturated carbocycles. The van der Waals surface area contributed by atoms with E-state index >= 15 is 0 Å². The van der Waals surface area contributed by atoms with Crippen molar-refractivity contribution >= 4 is 11.8 Å². The lowest BCUT2D eigenvalue weighted by Crippen LogP contribution is -2.13. The molecule has 2 heterocycles. The Morgan fingerprint density at radius 3 is 2.89 bits per heavy atom. The highest BCUT2D eigenvalue weighted by Gasteiger charge is 2.20. The second-order valence-corrected chi connectivity index (χ2v) is 7.08. The van der Waals surface area contributed by atoms with Gasteiger partial charge in [0.25, 0.3) is 0 Å². The van der Waals surface area contributed by atoms with Crippen molar-refractivity contribution in [3.63, 3.8) is 0 Å². The van der Waals surface area contributed by atoms with Crippen molar-refractivity contribution in [3.8, 4) is 17.1 Å². The number of ether oxygens (including phenoxy) is 2. The highest BCUT2D eigenvalue weighted by molar-refractivity contribution is 7.98. The summed E-state index contributed by atoms with van der Waals surface area (Å²) in [5.41, 5.74) is 1.76. The molecule has 0 fully saturated rings. The van der Waals surface area contributed by atoms with Crippen LogP contribution in [-0.2, 0) is 23.6 Å². The van der Waals surface area contributed by atoms with E-state index in [2.05, 4.69) is 16.8 Å². The second kappa shape index (κ2) is 8.12. The molecule has 1 aromatic heterocycles. The van der Waals surface area contributed by atoms with Crippen LogP contribution in [0.25, 0.3) is 11.4 Å². The normalized spacial score (nSPS) is 13.1. The molecule has 8 heteroatoms. The molecule has 1 aliphatic rings. The zero-order chi connectivity index (χ0) is 19.5. The number of allylic oxidation sites excluding steroid dienone is 1. The number of fused-ring (bicyclic) bond motifs is 1. The van der Waals surface area contributed by atoms with Crippen LogP contribution in [0.4, 0.5) is 8.78 Å². The van der Waals surface area contributed by atoms with Crippen LogP contribution in [0.1, 0.15) is 11.1 Å². The van der Waals surface area contributed by atoms with E-state index in [-0.39, 0.29) is 18.4 Å². The standard InChI is InChI=1S/C20H17F2N3O2S/c1-2-7-25-19(16-5-3-4-6-17(16)22)23-24-20(25)28-11-14-9-15(21)8-13-10-26-12-27-18(13)14/h2-6,8-9H,1,7,10-12H2. The summed E-state index contributed by atoms with van der Waals surface area (Å²) >= 11 is 1.37. The number of nitrogens with zero attached hydrogens (tertiary/aromatic N) is 3. The minimum Gasteiger partial charge on any atom is -0.467 e. The summed E-state index contributed by atoms with van der Waals surface area (Å²) in [7, 11) is 0. The van der Waals surface area contributed by atoms with Crippen molar-refractivity contribution in [2.24, 2.45) is 0 Å². The predicted molar refractivity (Wildman–Crippen MR) is 102 cm³/mol. The summed E-state index contributed by atoms with van der Waals surface area (Å²) in [5.74, 6) is 0.773. The summed E-state index contributed by atoms with van der Waals surface area (Å²) in [4.78, 5) is 0. The van der Waals surface area contributed by atoms with Gasteiger partial charge in [0.15, 0.2) is 17.8 Å². The third-order valence-corrected chi connectivity index (χ3v) is 5.27. The first-order valence-corrected chi connectivity index (χ1v) is 9.59. The van der Waals surface area contributed by atoms with Crippen LogP contribution >= 0.6 is 11.8 Å². The molecule has 0 aliphatic carbocycles. The summed E-state index contributed by atoms with van der Waals surface area (Å²) in [6, 6.07) is 9.27. The van der Waals surface area contributed by atoms with Crippen LogP contribution in [0.3, 0.4) is 0 Å². The SMILES string of the molecule is C=CCn1c(SCc2cc(F)cc3c2OCOC3)nnc1-c1ccccc1F. The van der Waals surface area contributed by atoms with Gasteiger partial charge in [0.05, 0.1) is 12.2 Å². The van der Waals surface area contributed by atoms with Crippen LogP contribution in [-0.4, -0.2) is 21.6 Å². The average molecular weight is 401 g/mol. The minimum absolute atomic E-state index is 0.139. The number of aromatic nitrogens is 3. The van der Waals surface area contributed by atoms with Gasteiger partial charge in [-0.15, -0.1) is 16.8 Å². The van der Waals surface area contributed by atoms with Crippen molar-refractivity contribution in [2.75, 3.05) is 6.79 Å². The lowest BCUT2D eigenvalue weighted by atomic mass is 10.1. The van der Waals surface area contributed by atoms with E-state index in [4.69, 9.17) is 9.47 Å². The molecule has 0 radical (unpaired) electrons. The number of benzene rings is 2. The quantitative estimate of drug-likeness (QED) is 0.447. The van der Waals surface area contributed by atoms with Crippen LogP contribution in [0.5, 0.6) is 5.75 Å². The second-order valence-electron chi connectivity index (χ2n) is 6.14. The smallest absolute Gasteiger partial charge is 0.192 e. The van der Waals surface area contributed by atoms with Gasteiger partial charge in [0.1, 0.15) is 17.4 Å². The first-order chi connectivity index (χ1) is 13.7. The molecule has 3 aromatic rings. The van der Waals surface area contributed by atoms with Gasteiger partial charge in [-0.3, -0.25) is 4.57 Å². The largest absolute Gasteiger partial charge is 0.467 e. The molecule has 5 nitrogen and oxygen atoms in total. The number of halogens is 2. The molecule has 144 valence electrons. The molecule has 0 saturated heterocycles. The van der Waals surface area contributed by atoms with Gasteiger partial charge in [-0.05, 0) is 24.3 Å². The summed E-state index contributed by atoms with van der Waals surface area (Å²) < 4.78 is 40.7. The van der Waals surface area contributed by atoms with Gasteiger partial charge in [-0.2, -0.15) is 0 Å². The molecule has 2 aromatic carbocycles. The van der Waals surface area contributed by atoms with Gasteiger partial charge < -0.3 is 9.47 Å². The van der Waals surface area contributed by atoms with Crippen LogP contribution in [0.2, 0.25) is 0 Å². The molecule has 0 amide bonds. The van der Waals surface area contributed by atoms with E-state index < -0.39 is 0 Å². The van der Waals surface area contributed by atoms with Gasteiger partial charge in [-0.1, -0.05) is 30.0 Å². The molecular weight excluding hydrogens is 384 g/mol. The van der Waals surface area contributed by atoms with E-state index in [1.165, 1.54) is 30.0 Å². The first kappa shape index (κ1) is 18.6. The third kappa shape index (κ3) is 3.65. The molecule has 4 rings (SSSR count). The Morgan fingerprint density at radius 2 is 2.07 bits per heavy atom. The van der Waals surface area contributed by atoms with Gasteiger partial charge >= 0.3 is 0 Å². The van der Waals surface area contributed by atoms with E-state index in [0.717, 1.165) is 0 Å². The van der Waals surface area contributed by atoms with Crippen molar-refractivity contribution in [1.82, 2.24) is 14.8 Å². The van der Waals surface area contributed by atoms with Crippen molar-refractivity contribution < 1.29 is 18.3 Å². The highest BCUT2D eigenvalue weighted by atomic mass is 32.2. The lowest BCUT2D eigenvalue weighted by Gasteiger charge is -2.20. The molecule has 0 spiro atoms. The zero-order valence-electron chi connectivity index (χ0n) is 14.9. The van der Waals surface area contributed by atoms with E-state index in [1.807, 2.05) is 0 Å². The average Bonchev–Trinajstić information content (AvgIpc) is 3.09. The Kier molecular flexibility index (Phi) is 5.40. The summed E-state index contributed by atoms with van der Waals surface area (Å²) in [6.45, 7) is 4.63. The van der Waals surface area contributed by atoms with Crippen molar-refractivity contribution in [1.29, 1.82) is 0 Å². The maximum Gasteiger partial charge on any atom is 0.192 e. The summed E-state index contributed by atoms with van der Waals surface area (Å²) in [6.07, 6.45) is 1.70. The van der Waals surface area contributed by atoms with Gasteiger partial charge in [0, 0.05) is 23.4 Å². The monoisotopic (exact) mass is 401 g/mol. The van der Waals surface area contributed by atoms with E-state index in [9.17, 15) is 8.78 Å². The zero-order valence-corrected chi connectivity index (χ0v) is 15.7. The summed E-state index contributed by atoms with van der Waals surface area (Å²) in [5, 5.41) is 8.95. The van der Waals surface area contributed by atoms with Gasteiger partial charge in [0.2, 0.25) is 0 Å². The number of rotatable bonds is 6. The fourth-order valence-corrected chi connectivity index (χ4v) is 3.95. The molecule has 0 bridgehead atoms. The first-order valence-electron chi connectivity index (χ1n) is 8.61. The predicted octanol–water partition coefficient (Wildman–Crippen LogP) is 4.57. The maximum absolute atomic E-state index is 14.2. The Morgan fingerprint density at radius 1 is 1.21 bits per heavy atom. The molecule has 0 N–H and O–H groups in total. The Hall–Kier alpha value is -2.71. The maximum atomic E-state index is 14.2. The molecule has 1 aliphatic heterocycles. The highest BCUT2D eigenvalue weighted by Crippen LogP contribution is 2.34. The molecular formula is C20H17F2N3O2S.